The van der Waals surface area contributed by atoms with Crippen molar-refractivity contribution in [1.29, 1.82) is 0 Å². The molecule has 0 saturated carbocycles. The third-order valence-electron chi connectivity index (χ3n) is 6.41. The zero-order valence-corrected chi connectivity index (χ0v) is 20.8. The van der Waals surface area contributed by atoms with E-state index in [1.807, 2.05) is 18.7 Å². The summed E-state index contributed by atoms with van der Waals surface area (Å²) < 4.78 is 40.6. The maximum absolute atomic E-state index is 13.1. The van der Waals surface area contributed by atoms with E-state index in [0.717, 1.165) is 28.5 Å². The van der Waals surface area contributed by atoms with Crippen molar-refractivity contribution in [3.63, 3.8) is 0 Å². The summed E-state index contributed by atoms with van der Waals surface area (Å²) in [6.07, 6.45) is 0.437. The molecule has 33 heavy (non-hydrogen) atoms. The van der Waals surface area contributed by atoms with Gasteiger partial charge in [0, 0.05) is 80.8 Å². The van der Waals surface area contributed by atoms with Crippen LogP contribution in [0.15, 0.2) is 35.2 Å². The number of sulfonamides is 1. The van der Waals surface area contributed by atoms with E-state index in [1.54, 1.807) is 22.5 Å². The Balaban J connectivity index is 1.21. The molecule has 1 aromatic carbocycles. The first-order valence-corrected chi connectivity index (χ1v) is 13.6. The smallest absolute Gasteiger partial charge is 0.244 e. The van der Waals surface area contributed by atoms with E-state index in [9.17, 15) is 17.6 Å². The standard InChI is InChI=1S/C23H31FN4O3S2/c1-18-17-22(19(2)32-18)33(30,31)28-15-9-25(10-16-28)8-7-23(29)27-13-11-26(12-14-27)21-5-3-20(24)4-6-21/h3-6,17H,7-16H2,1-2H3. The van der Waals surface area contributed by atoms with Gasteiger partial charge in [0.05, 0.1) is 4.90 Å². The second-order valence-electron chi connectivity index (χ2n) is 8.62. The molecule has 0 N–H and O–H groups in total. The van der Waals surface area contributed by atoms with E-state index in [1.165, 1.54) is 23.5 Å². The van der Waals surface area contributed by atoms with Gasteiger partial charge in [0.1, 0.15) is 5.82 Å². The Kier molecular flexibility index (Phi) is 7.37. The van der Waals surface area contributed by atoms with E-state index in [4.69, 9.17) is 0 Å². The number of piperazine rings is 2. The molecule has 0 atom stereocenters. The lowest BCUT2D eigenvalue weighted by Gasteiger charge is -2.37. The van der Waals surface area contributed by atoms with Gasteiger partial charge in [-0.15, -0.1) is 11.3 Å². The summed E-state index contributed by atoms with van der Waals surface area (Å²) in [6.45, 7) is 9.35. The third kappa shape index (κ3) is 5.56. The average Bonchev–Trinajstić information content (AvgIpc) is 3.17. The SMILES string of the molecule is Cc1cc(S(=O)(=O)N2CCN(CCC(=O)N3CCN(c4ccc(F)cc4)CC3)CC2)c(C)s1. The molecular weight excluding hydrogens is 463 g/mol. The number of hydrogen-bond donors (Lipinski definition) is 0. The fourth-order valence-corrected chi connectivity index (χ4v) is 7.42. The van der Waals surface area contributed by atoms with Crippen LogP contribution in [0.1, 0.15) is 16.2 Å². The molecule has 4 rings (SSSR count). The van der Waals surface area contributed by atoms with Crippen LogP contribution in [0, 0.1) is 19.7 Å². The highest BCUT2D eigenvalue weighted by molar-refractivity contribution is 7.89. The molecule has 2 saturated heterocycles. The molecule has 180 valence electrons. The van der Waals surface area contributed by atoms with Crippen LogP contribution in [-0.4, -0.2) is 87.3 Å². The lowest BCUT2D eigenvalue weighted by molar-refractivity contribution is -0.131. The second kappa shape index (κ2) is 10.1. The largest absolute Gasteiger partial charge is 0.368 e. The molecule has 2 aliphatic rings. The molecule has 7 nitrogen and oxygen atoms in total. The van der Waals surface area contributed by atoms with Crippen molar-refractivity contribution < 1.29 is 17.6 Å². The minimum Gasteiger partial charge on any atom is -0.368 e. The van der Waals surface area contributed by atoms with E-state index >= 15 is 0 Å². The highest BCUT2D eigenvalue weighted by Crippen LogP contribution is 2.28. The maximum Gasteiger partial charge on any atom is 0.244 e. The van der Waals surface area contributed by atoms with Crippen molar-refractivity contribution in [2.75, 3.05) is 63.8 Å². The molecule has 1 amide bonds. The highest BCUT2D eigenvalue weighted by atomic mass is 32.2. The van der Waals surface area contributed by atoms with Gasteiger partial charge in [-0.05, 0) is 44.2 Å². The number of aryl methyl sites for hydroxylation is 2. The van der Waals surface area contributed by atoms with Crippen molar-refractivity contribution in [3.8, 4) is 0 Å². The molecular formula is C23H31FN4O3S2. The molecule has 3 heterocycles. The Hall–Kier alpha value is -2.01. The van der Waals surface area contributed by atoms with Crippen molar-refractivity contribution in [3.05, 3.63) is 45.9 Å². The Bertz CT molecular complexity index is 1070. The van der Waals surface area contributed by atoms with Crippen molar-refractivity contribution in [1.82, 2.24) is 14.1 Å². The molecule has 2 fully saturated rings. The first-order chi connectivity index (χ1) is 15.7. The molecule has 10 heteroatoms. The van der Waals surface area contributed by atoms with Gasteiger partial charge in [-0.3, -0.25) is 4.79 Å². The molecule has 0 unspecified atom stereocenters. The first kappa shape index (κ1) is 24.1. The van der Waals surface area contributed by atoms with Crippen LogP contribution >= 0.6 is 11.3 Å². The first-order valence-electron chi connectivity index (χ1n) is 11.3. The van der Waals surface area contributed by atoms with Crippen LogP contribution < -0.4 is 4.90 Å². The van der Waals surface area contributed by atoms with Crippen molar-refractivity contribution >= 4 is 33.0 Å². The summed E-state index contributed by atoms with van der Waals surface area (Å²) in [5.41, 5.74) is 0.976. The van der Waals surface area contributed by atoms with E-state index in [-0.39, 0.29) is 11.7 Å². The molecule has 2 aliphatic heterocycles. The number of nitrogens with zero attached hydrogens (tertiary/aromatic N) is 4. The lowest BCUT2D eigenvalue weighted by Crippen LogP contribution is -2.51. The number of carbonyl (C=O) groups excluding carboxylic acids is 1. The van der Waals surface area contributed by atoms with Crippen LogP contribution in [0.3, 0.4) is 0 Å². The summed E-state index contributed by atoms with van der Waals surface area (Å²) in [5, 5.41) is 0. The Morgan fingerprint density at radius 3 is 2.18 bits per heavy atom. The predicted molar refractivity (Wildman–Crippen MR) is 129 cm³/mol. The van der Waals surface area contributed by atoms with Gasteiger partial charge < -0.3 is 14.7 Å². The van der Waals surface area contributed by atoms with Gasteiger partial charge in [0.2, 0.25) is 15.9 Å². The maximum atomic E-state index is 13.1. The number of amides is 1. The minimum absolute atomic E-state index is 0.133. The number of benzene rings is 1. The monoisotopic (exact) mass is 494 g/mol. The molecule has 1 aromatic heterocycles. The van der Waals surface area contributed by atoms with E-state index in [2.05, 4.69) is 9.80 Å². The number of halogens is 1. The van der Waals surface area contributed by atoms with Crippen LogP contribution in [-0.2, 0) is 14.8 Å². The lowest BCUT2D eigenvalue weighted by atomic mass is 10.2. The van der Waals surface area contributed by atoms with Gasteiger partial charge in [-0.2, -0.15) is 4.31 Å². The Labute approximate surface area is 199 Å². The number of anilines is 1. The molecule has 2 aromatic rings. The van der Waals surface area contributed by atoms with Crippen LogP contribution in [0.4, 0.5) is 10.1 Å². The topological polar surface area (TPSA) is 64.2 Å². The van der Waals surface area contributed by atoms with Crippen molar-refractivity contribution in [2.24, 2.45) is 0 Å². The fourth-order valence-electron chi connectivity index (χ4n) is 4.47. The number of carbonyl (C=O) groups is 1. The van der Waals surface area contributed by atoms with Crippen molar-refractivity contribution in [2.45, 2.75) is 25.2 Å². The quantitative estimate of drug-likeness (QED) is 0.618. The summed E-state index contributed by atoms with van der Waals surface area (Å²) in [6, 6.07) is 8.22. The predicted octanol–water partition coefficient (Wildman–Crippen LogP) is 2.55. The zero-order chi connectivity index (χ0) is 23.6. The summed E-state index contributed by atoms with van der Waals surface area (Å²) in [7, 11) is -3.46. The van der Waals surface area contributed by atoms with Crippen LogP contribution in [0.25, 0.3) is 0 Å². The summed E-state index contributed by atoms with van der Waals surface area (Å²) in [4.78, 5) is 21.2. The Morgan fingerprint density at radius 2 is 1.61 bits per heavy atom. The third-order valence-corrected chi connectivity index (χ3v) is 9.53. The van der Waals surface area contributed by atoms with Gasteiger partial charge in [-0.1, -0.05) is 0 Å². The average molecular weight is 495 g/mol. The van der Waals surface area contributed by atoms with E-state index in [0.29, 0.717) is 57.1 Å². The minimum atomic E-state index is -3.46. The number of thiophene rings is 1. The number of rotatable bonds is 6. The molecule has 0 spiro atoms. The Morgan fingerprint density at radius 1 is 0.970 bits per heavy atom. The van der Waals surface area contributed by atoms with E-state index < -0.39 is 10.0 Å². The second-order valence-corrected chi connectivity index (χ2v) is 12.0. The fraction of sp³-hybridized carbons (Fsp3) is 0.522. The summed E-state index contributed by atoms with van der Waals surface area (Å²) in [5.74, 6) is -0.115. The molecule has 0 aliphatic carbocycles. The van der Waals surface area contributed by atoms with Crippen LogP contribution in [0.2, 0.25) is 0 Å². The molecule has 0 radical (unpaired) electrons. The highest BCUT2D eigenvalue weighted by Gasteiger charge is 2.31. The van der Waals surface area contributed by atoms with Gasteiger partial charge in [0.15, 0.2) is 0 Å². The normalized spacial score (nSPS) is 18.6. The van der Waals surface area contributed by atoms with Crippen LogP contribution in [0.5, 0.6) is 0 Å². The van der Waals surface area contributed by atoms with Gasteiger partial charge >= 0.3 is 0 Å². The van der Waals surface area contributed by atoms with Gasteiger partial charge in [0.25, 0.3) is 0 Å². The van der Waals surface area contributed by atoms with Gasteiger partial charge in [-0.25, -0.2) is 12.8 Å². The zero-order valence-electron chi connectivity index (χ0n) is 19.2. The number of hydrogen-bond acceptors (Lipinski definition) is 6. The summed E-state index contributed by atoms with van der Waals surface area (Å²) >= 11 is 1.51. The molecule has 0 bridgehead atoms.